The Labute approximate surface area is 268 Å². The SMILES string of the molecule is COC(=O)C1=C(C(=O)OC)C2(C(=O)N(Cc3ccccc3)c3ccc(C)cc32)N(c2ccc(OC)cc2)C2=C1C(=O)CC(C)(C)C2. The molecule has 0 bridgehead atoms. The van der Waals surface area contributed by atoms with Gasteiger partial charge in [0, 0.05) is 23.4 Å². The normalized spacial score (nSPS) is 20.1. The van der Waals surface area contributed by atoms with E-state index in [0.29, 0.717) is 34.8 Å². The Morgan fingerprint density at radius 2 is 1.52 bits per heavy atom. The number of amides is 1. The molecule has 9 heteroatoms. The van der Waals surface area contributed by atoms with Gasteiger partial charge in [0.25, 0.3) is 5.91 Å². The second kappa shape index (κ2) is 11.3. The number of methoxy groups -OCH3 is 3. The van der Waals surface area contributed by atoms with Crippen LogP contribution in [0.3, 0.4) is 0 Å². The Bertz CT molecular complexity index is 1840. The summed E-state index contributed by atoms with van der Waals surface area (Å²) < 4.78 is 16.1. The minimum absolute atomic E-state index is 0.0662. The van der Waals surface area contributed by atoms with Crippen LogP contribution in [0.4, 0.5) is 11.4 Å². The van der Waals surface area contributed by atoms with E-state index >= 15 is 4.79 Å². The molecule has 3 aromatic rings. The van der Waals surface area contributed by atoms with Crippen molar-refractivity contribution in [1.29, 1.82) is 0 Å². The zero-order valence-electron chi connectivity index (χ0n) is 26.8. The lowest BCUT2D eigenvalue weighted by Crippen LogP contribution is -2.60. The van der Waals surface area contributed by atoms with Crippen LogP contribution < -0.4 is 14.5 Å². The van der Waals surface area contributed by atoms with Crippen molar-refractivity contribution in [2.24, 2.45) is 5.41 Å². The van der Waals surface area contributed by atoms with Crippen molar-refractivity contribution in [2.45, 2.75) is 45.7 Å². The molecule has 1 unspecified atom stereocenters. The van der Waals surface area contributed by atoms with Gasteiger partial charge in [-0.3, -0.25) is 9.59 Å². The molecule has 1 spiro atoms. The van der Waals surface area contributed by atoms with Gasteiger partial charge in [0.15, 0.2) is 11.3 Å². The number of esters is 2. The van der Waals surface area contributed by atoms with Crippen molar-refractivity contribution < 1.29 is 33.4 Å². The summed E-state index contributed by atoms with van der Waals surface area (Å²) in [7, 11) is 3.95. The van der Waals surface area contributed by atoms with E-state index in [0.717, 1.165) is 11.1 Å². The number of hydrogen-bond donors (Lipinski definition) is 0. The number of nitrogens with zero attached hydrogens (tertiary/aromatic N) is 2. The molecule has 6 rings (SSSR count). The van der Waals surface area contributed by atoms with Crippen LogP contribution in [-0.2, 0) is 40.7 Å². The predicted molar refractivity (Wildman–Crippen MR) is 172 cm³/mol. The number of anilines is 2. The van der Waals surface area contributed by atoms with E-state index in [1.165, 1.54) is 14.2 Å². The molecule has 0 saturated heterocycles. The van der Waals surface area contributed by atoms with Crippen LogP contribution in [-0.4, -0.2) is 45.0 Å². The molecule has 2 aliphatic heterocycles. The van der Waals surface area contributed by atoms with Crippen molar-refractivity contribution >= 4 is 35.0 Å². The maximum absolute atomic E-state index is 15.5. The number of benzene rings is 3. The molecular formula is C37H36N2O7. The average molecular weight is 621 g/mol. The van der Waals surface area contributed by atoms with E-state index in [4.69, 9.17) is 14.2 Å². The van der Waals surface area contributed by atoms with Gasteiger partial charge in [-0.25, -0.2) is 9.59 Å². The Balaban J connectivity index is 1.79. The minimum Gasteiger partial charge on any atom is -0.497 e. The Morgan fingerprint density at radius 1 is 0.848 bits per heavy atom. The van der Waals surface area contributed by atoms with Crippen LogP contribution in [0, 0.1) is 12.3 Å². The highest BCUT2D eigenvalue weighted by atomic mass is 16.5. The van der Waals surface area contributed by atoms with Crippen LogP contribution in [0.2, 0.25) is 0 Å². The topological polar surface area (TPSA) is 102 Å². The Morgan fingerprint density at radius 3 is 2.15 bits per heavy atom. The first-order valence-corrected chi connectivity index (χ1v) is 15.1. The van der Waals surface area contributed by atoms with E-state index in [2.05, 4.69) is 0 Å². The first-order valence-electron chi connectivity index (χ1n) is 15.1. The molecule has 1 atom stereocenters. The summed E-state index contributed by atoms with van der Waals surface area (Å²) in [6.45, 7) is 6.05. The molecule has 0 fully saturated rings. The molecule has 3 aliphatic rings. The fourth-order valence-corrected chi connectivity index (χ4v) is 7.10. The Hall–Kier alpha value is -5.18. The monoisotopic (exact) mass is 620 g/mol. The highest BCUT2D eigenvalue weighted by molar-refractivity contribution is 6.24. The average Bonchev–Trinajstić information content (AvgIpc) is 3.26. The van der Waals surface area contributed by atoms with Gasteiger partial charge in [-0.2, -0.15) is 0 Å². The van der Waals surface area contributed by atoms with Crippen molar-refractivity contribution in [2.75, 3.05) is 31.1 Å². The summed E-state index contributed by atoms with van der Waals surface area (Å²) in [6, 6.07) is 22.3. The molecule has 3 aromatic carbocycles. The smallest absolute Gasteiger partial charge is 0.339 e. The third kappa shape index (κ3) is 4.60. The second-order valence-electron chi connectivity index (χ2n) is 12.6. The molecular weight excluding hydrogens is 584 g/mol. The number of rotatable bonds is 6. The van der Waals surface area contributed by atoms with Crippen LogP contribution in [0.1, 0.15) is 43.4 Å². The number of hydrogen-bond acceptors (Lipinski definition) is 8. The number of allylic oxidation sites excluding steroid dienone is 1. The molecule has 9 nitrogen and oxygen atoms in total. The Kier molecular flexibility index (Phi) is 7.58. The fourth-order valence-electron chi connectivity index (χ4n) is 7.10. The third-order valence-electron chi connectivity index (χ3n) is 9.00. The molecule has 1 aliphatic carbocycles. The number of carbonyl (C=O) groups excluding carboxylic acids is 4. The van der Waals surface area contributed by atoms with Crippen LogP contribution >= 0.6 is 0 Å². The van der Waals surface area contributed by atoms with Crippen molar-refractivity contribution in [1.82, 2.24) is 0 Å². The van der Waals surface area contributed by atoms with Crippen LogP contribution in [0.5, 0.6) is 5.75 Å². The molecule has 2 heterocycles. The molecule has 46 heavy (non-hydrogen) atoms. The number of ether oxygens (including phenoxy) is 3. The molecule has 0 N–H and O–H groups in total. The first-order chi connectivity index (χ1) is 22.0. The first kappa shape index (κ1) is 30.8. The van der Waals surface area contributed by atoms with Gasteiger partial charge in [0.2, 0.25) is 0 Å². The van der Waals surface area contributed by atoms with Gasteiger partial charge in [-0.15, -0.1) is 0 Å². The van der Waals surface area contributed by atoms with Crippen LogP contribution in [0.15, 0.2) is 95.2 Å². The van der Waals surface area contributed by atoms with Gasteiger partial charge in [0.05, 0.1) is 50.3 Å². The van der Waals surface area contributed by atoms with Gasteiger partial charge in [-0.1, -0.05) is 61.9 Å². The highest BCUT2D eigenvalue weighted by Gasteiger charge is 2.65. The lowest BCUT2D eigenvalue weighted by molar-refractivity contribution is -0.141. The van der Waals surface area contributed by atoms with Crippen LogP contribution in [0.25, 0.3) is 0 Å². The molecule has 236 valence electrons. The van der Waals surface area contributed by atoms with E-state index in [1.807, 2.05) is 69.3 Å². The summed E-state index contributed by atoms with van der Waals surface area (Å²) in [5.74, 6) is -2.00. The largest absolute Gasteiger partial charge is 0.497 e. The summed E-state index contributed by atoms with van der Waals surface area (Å²) in [4.78, 5) is 61.1. The molecule has 1 amide bonds. The summed E-state index contributed by atoms with van der Waals surface area (Å²) in [5, 5.41) is 0. The van der Waals surface area contributed by atoms with E-state index < -0.39 is 28.8 Å². The van der Waals surface area contributed by atoms with E-state index in [-0.39, 0.29) is 35.5 Å². The van der Waals surface area contributed by atoms with Gasteiger partial charge in [0.1, 0.15) is 5.75 Å². The number of fused-ring (bicyclic) bond motifs is 2. The fraction of sp³-hybridized carbons (Fsp3) is 0.297. The lowest BCUT2D eigenvalue weighted by atomic mass is 9.66. The molecule has 0 aromatic heterocycles. The van der Waals surface area contributed by atoms with Crippen molar-refractivity contribution in [3.05, 3.63) is 112 Å². The highest BCUT2D eigenvalue weighted by Crippen LogP contribution is 2.59. The van der Waals surface area contributed by atoms with Crippen molar-refractivity contribution in [3.8, 4) is 5.75 Å². The van der Waals surface area contributed by atoms with Gasteiger partial charge >= 0.3 is 11.9 Å². The van der Waals surface area contributed by atoms with Gasteiger partial charge < -0.3 is 24.0 Å². The molecule has 0 radical (unpaired) electrons. The quantitative estimate of drug-likeness (QED) is 0.331. The third-order valence-corrected chi connectivity index (χ3v) is 9.00. The summed E-state index contributed by atoms with van der Waals surface area (Å²) in [6.07, 6.45) is 0.470. The van der Waals surface area contributed by atoms with Crippen molar-refractivity contribution in [3.63, 3.8) is 0 Å². The summed E-state index contributed by atoms with van der Waals surface area (Å²) >= 11 is 0. The second-order valence-corrected chi connectivity index (χ2v) is 12.6. The van der Waals surface area contributed by atoms with Gasteiger partial charge in [-0.05, 0) is 54.7 Å². The lowest BCUT2D eigenvalue weighted by Gasteiger charge is -2.50. The zero-order chi connectivity index (χ0) is 33.0. The maximum atomic E-state index is 15.5. The maximum Gasteiger partial charge on any atom is 0.339 e. The number of carbonyl (C=O) groups is 4. The van der Waals surface area contributed by atoms with E-state index in [9.17, 15) is 14.4 Å². The number of aryl methyl sites for hydroxylation is 1. The predicted octanol–water partition coefficient (Wildman–Crippen LogP) is 5.55. The summed E-state index contributed by atoms with van der Waals surface area (Å²) in [5.41, 5.74) is 0.907. The number of Topliss-reactive ketones (excluding diaryl/α,β-unsaturated/α-hetero) is 1. The van der Waals surface area contributed by atoms with E-state index in [1.54, 1.807) is 41.2 Å². The molecule has 0 saturated carbocycles. The standard InChI is InChI=1S/C37H36N2O7/c1-22-12-17-27-26(18-22)37(35(43)38(27)21-23-10-8-7-9-11-23)32(34(42)46-6)31(33(41)45-5)30-28(19-36(2,3)20-29(30)40)39(37)24-13-15-25(44-4)16-14-24/h7-18H,19-21H2,1-6H3. The zero-order valence-corrected chi connectivity index (χ0v) is 26.8. The minimum atomic E-state index is -1.92. The number of ketones is 1.